The second kappa shape index (κ2) is 4.88. The number of nitrogens with zero attached hydrogens (tertiary/aromatic N) is 4. The summed E-state index contributed by atoms with van der Waals surface area (Å²) in [7, 11) is 0. The molecule has 0 aliphatic rings. The van der Waals surface area contributed by atoms with Crippen molar-refractivity contribution in [2.45, 2.75) is 6.18 Å². The van der Waals surface area contributed by atoms with E-state index in [-0.39, 0.29) is 11.5 Å². The summed E-state index contributed by atoms with van der Waals surface area (Å²) in [5.74, 6) is -0.831. The Labute approximate surface area is 120 Å². The first-order chi connectivity index (χ1) is 9.93. The van der Waals surface area contributed by atoms with Gasteiger partial charge in [0.1, 0.15) is 5.75 Å². The fourth-order valence-electron chi connectivity index (χ4n) is 1.63. The van der Waals surface area contributed by atoms with Crippen molar-refractivity contribution in [2.24, 2.45) is 0 Å². The highest BCUT2D eigenvalue weighted by Crippen LogP contribution is 2.28. The van der Waals surface area contributed by atoms with Gasteiger partial charge in [0.05, 0.1) is 0 Å². The van der Waals surface area contributed by atoms with Gasteiger partial charge in [-0.15, -0.1) is 15.3 Å². The number of hydrogen-bond acceptors (Lipinski definition) is 4. The number of halogens is 4. The van der Waals surface area contributed by atoms with Crippen LogP contribution in [0.1, 0.15) is 5.82 Å². The predicted octanol–water partition coefficient (Wildman–Crippen LogP) is 3.59. The number of rotatable bonds is 2. The van der Waals surface area contributed by atoms with Crippen LogP contribution in [0.4, 0.5) is 13.2 Å². The molecular formula is C12H6ClF3N4O. The number of ether oxygens (including phenoxy) is 1. The molecule has 0 aliphatic heterocycles. The molecule has 0 fully saturated rings. The Morgan fingerprint density at radius 1 is 1.00 bits per heavy atom. The van der Waals surface area contributed by atoms with E-state index in [0.29, 0.717) is 15.3 Å². The fraction of sp³-hybridized carbons (Fsp3) is 0.0833. The highest BCUT2D eigenvalue weighted by Gasteiger charge is 2.37. The van der Waals surface area contributed by atoms with Gasteiger partial charge in [-0.05, 0) is 30.3 Å². The van der Waals surface area contributed by atoms with E-state index in [2.05, 4.69) is 15.3 Å². The van der Waals surface area contributed by atoms with E-state index >= 15 is 0 Å². The summed E-state index contributed by atoms with van der Waals surface area (Å²) in [6.45, 7) is 0. The van der Waals surface area contributed by atoms with Crippen molar-refractivity contribution in [1.82, 2.24) is 19.8 Å². The van der Waals surface area contributed by atoms with E-state index in [0.717, 1.165) is 0 Å². The van der Waals surface area contributed by atoms with E-state index in [1.165, 1.54) is 12.1 Å². The molecule has 21 heavy (non-hydrogen) atoms. The molecule has 2 aromatic heterocycles. The quantitative estimate of drug-likeness (QED) is 0.725. The summed E-state index contributed by atoms with van der Waals surface area (Å²) in [5, 5.41) is 10.7. The van der Waals surface area contributed by atoms with Crippen LogP contribution in [0.5, 0.6) is 11.6 Å². The molecule has 0 saturated heterocycles. The Balaban J connectivity index is 1.98. The third-order valence-corrected chi connectivity index (χ3v) is 2.78. The minimum absolute atomic E-state index is 0.0184. The van der Waals surface area contributed by atoms with Crippen molar-refractivity contribution >= 4 is 17.2 Å². The van der Waals surface area contributed by atoms with Crippen LogP contribution in [0.25, 0.3) is 5.65 Å². The second-order valence-corrected chi connectivity index (χ2v) is 4.46. The Bertz CT molecular complexity index is 785. The Morgan fingerprint density at radius 3 is 2.38 bits per heavy atom. The monoisotopic (exact) mass is 314 g/mol. The summed E-state index contributed by atoms with van der Waals surface area (Å²) in [5.41, 5.74) is -0.0224. The van der Waals surface area contributed by atoms with Crippen LogP contribution >= 0.6 is 11.6 Å². The third kappa shape index (κ3) is 2.75. The number of alkyl halides is 3. The lowest BCUT2D eigenvalue weighted by Gasteiger charge is -2.06. The first-order valence-electron chi connectivity index (χ1n) is 5.66. The summed E-state index contributed by atoms with van der Waals surface area (Å²) in [6.07, 6.45) is -4.65. The largest absolute Gasteiger partial charge is 0.453 e. The smallest absolute Gasteiger partial charge is 0.438 e. The van der Waals surface area contributed by atoms with E-state index in [4.69, 9.17) is 16.3 Å². The predicted molar refractivity (Wildman–Crippen MR) is 67.3 cm³/mol. The van der Waals surface area contributed by atoms with Crippen LogP contribution in [-0.4, -0.2) is 19.8 Å². The van der Waals surface area contributed by atoms with Crippen molar-refractivity contribution in [3.05, 3.63) is 47.2 Å². The summed E-state index contributed by atoms with van der Waals surface area (Å²) in [6, 6.07) is 9.07. The molecule has 0 amide bonds. The molecule has 3 rings (SSSR count). The maximum Gasteiger partial charge on any atom is 0.453 e. The minimum atomic E-state index is -4.65. The van der Waals surface area contributed by atoms with E-state index in [9.17, 15) is 13.2 Å². The van der Waals surface area contributed by atoms with Crippen molar-refractivity contribution in [3.8, 4) is 11.6 Å². The average Bonchev–Trinajstić information content (AvgIpc) is 2.84. The molecular weight excluding hydrogens is 309 g/mol. The van der Waals surface area contributed by atoms with Gasteiger partial charge in [-0.3, -0.25) is 0 Å². The summed E-state index contributed by atoms with van der Waals surface area (Å²) >= 11 is 5.73. The Morgan fingerprint density at radius 2 is 1.71 bits per heavy atom. The standard InChI is InChI=1S/C12H6ClF3N4O/c13-7-1-3-8(4-2-7)21-10-6-5-9-17-18-11(12(14,15)16)20(9)19-10/h1-6H. The van der Waals surface area contributed by atoms with Gasteiger partial charge in [-0.2, -0.15) is 17.7 Å². The number of hydrogen-bond donors (Lipinski definition) is 0. The summed E-state index contributed by atoms with van der Waals surface area (Å²) in [4.78, 5) is 0. The van der Waals surface area contributed by atoms with Gasteiger partial charge in [-0.1, -0.05) is 11.6 Å². The molecule has 1 aromatic carbocycles. The van der Waals surface area contributed by atoms with Crippen molar-refractivity contribution in [1.29, 1.82) is 0 Å². The van der Waals surface area contributed by atoms with E-state index < -0.39 is 12.0 Å². The van der Waals surface area contributed by atoms with Gasteiger partial charge < -0.3 is 4.74 Å². The molecule has 3 aromatic rings. The lowest BCUT2D eigenvalue weighted by atomic mass is 10.3. The highest BCUT2D eigenvalue weighted by molar-refractivity contribution is 6.30. The fourth-order valence-corrected chi connectivity index (χ4v) is 1.75. The topological polar surface area (TPSA) is 52.3 Å². The first kappa shape index (κ1) is 13.6. The number of benzene rings is 1. The van der Waals surface area contributed by atoms with Gasteiger partial charge in [0.2, 0.25) is 5.88 Å². The Kier molecular flexibility index (Phi) is 3.17. The normalized spacial score (nSPS) is 11.8. The van der Waals surface area contributed by atoms with Crippen LogP contribution in [0, 0.1) is 0 Å². The molecule has 0 aliphatic carbocycles. The zero-order valence-electron chi connectivity index (χ0n) is 10.2. The van der Waals surface area contributed by atoms with Crippen molar-refractivity contribution in [3.63, 3.8) is 0 Å². The van der Waals surface area contributed by atoms with Crippen LogP contribution < -0.4 is 4.74 Å². The zero-order valence-corrected chi connectivity index (χ0v) is 10.9. The SMILES string of the molecule is FC(F)(F)c1nnc2ccc(Oc3ccc(Cl)cc3)nn12. The van der Waals surface area contributed by atoms with Gasteiger partial charge in [0, 0.05) is 11.1 Å². The van der Waals surface area contributed by atoms with Crippen molar-refractivity contribution in [2.75, 3.05) is 0 Å². The number of aromatic nitrogens is 4. The highest BCUT2D eigenvalue weighted by atomic mass is 35.5. The molecule has 2 heterocycles. The molecule has 0 saturated carbocycles. The van der Waals surface area contributed by atoms with Crippen LogP contribution in [0.3, 0.4) is 0 Å². The van der Waals surface area contributed by atoms with E-state index in [1.807, 2.05) is 0 Å². The van der Waals surface area contributed by atoms with Crippen molar-refractivity contribution < 1.29 is 17.9 Å². The van der Waals surface area contributed by atoms with Gasteiger partial charge in [0.15, 0.2) is 5.65 Å². The lowest BCUT2D eigenvalue weighted by molar-refractivity contribution is -0.146. The Hall–Kier alpha value is -2.35. The maximum atomic E-state index is 12.7. The zero-order chi connectivity index (χ0) is 15.0. The molecule has 9 heteroatoms. The van der Waals surface area contributed by atoms with Crippen LogP contribution in [-0.2, 0) is 6.18 Å². The number of fused-ring (bicyclic) bond motifs is 1. The molecule has 0 spiro atoms. The minimum Gasteiger partial charge on any atom is -0.438 e. The molecule has 108 valence electrons. The molecule has 5 nitrogen and oxygen atoms in total. The van der Waals surface area contributed by atoms with Gasteiger partial charge in [-0.25, -0.2) is 0 Å². The average molecular weight is 315 g/mol. The molecule has 0 atom stereocenters. The first-order valence-corrected chi connectivity index (χ1v) is 6.04. The van der Waals surface area contributed by atoms with E-state index in [1.54, 1.807) is 24.3 Å². The molecule has 0 unspecified atom stereocenters. The lowest BCUT2D eigenvalue weighted by Crippen LogP contribution is -2.12. The maximum absolute atomic E-state index is 12.7. The van der Waals surface area contributed by atoms with Crippen LogP contribution in [0.15, 0.2) is 36.4 Å². The second-order valence-electron chi connectivity index (χ2n) is 4.02. The van der Waals surface area contributed by atoms with Gasteiger partial charge >= 0.3 is 6.18 Å². The molecule has 0 radical (unpaired) electrons. The van der Waals surface area contributed by atoms with Gasteiger partial charge in [0.25, 0.3) is 5.82 Å². The molecule has 0 bridgehead atoms. The third-order valence-electron chi connectivity index (χ3n) is 2.53. The van der Waals surface area contributed by atoms with Crippen LogP contribution in [0.2, 0.25) is 5.02 Å². The molecule has 0 N–H and O–H groups in total. The summed E-state index contributed by atoms with van der Waals surface area (Å²) < 4.78 is 44.2.